The average Bonchev–Trinajstić information content (AvgIpc) is 2.84. The SMILES string of the molecule is CCCCCC[C@H](C)/C=C(\C)C(=O)O[C@]1(C)C(=O)C2=COC(c3c(C)cccc3O)=CC2=C(Br)C1=O. The second-order valence-corrected chi connectivity index (χ2v) is 10.4. The highest BCUT2D eigenvalue weighted by atomic mass is 79.9. The van der Waals surface area contributed by atoms with Crippen molar-refractivity contribution < 1.29 is 29.0 Å². The highest BCUT2D eigenvalue weighted by Gasteiger charge is 2.52. The number of phenolic OH excluding ortho intramolecular Hbond substituents is 1. The predicted octanol–water partition coefficient (Wildman–Crippen LogP) is 6.61. The number of aromatic hydroxyl groups is 1. The van der Waals surface area contributed by atoms with Gasteiger partial charge in [0.1, 0.15) is 17.8 Å². The summed E-state index contributed by atoms with van der Waals surface area (Å²) < 4.78 is 11.4. The largest absolute Gasteiger partial charge is 0.507 e. The van der Waals surface area contributed by atoms with Gasteiger partial charge in [0, 0.05) is 11.1 Å². The summed E-state index contributed by atoms with van der Waals surface area (Å²) in [6.45, 7) is 8.95. The lowest BCUT2D eigenvalue weighted by molar-refractivity contribution is -0.165. The molecule has 0 spiro atoms. The van der Waals surface area contributed by atoms with Gasteiger partial charge in [-0.25, -0.2) is 4.79 Å². The fourth-order valence-electron chi connectivity index (χ4n) is 4.41. The van der Waals surface area contributed by atoms with Gasteiger partial charge in [-0.15, -0.1) is 0 Å². The van der Waals surface area contributed by atoms with Crippen LogP contribution in [0, 0.1) is 12.8 Å². The molecule has 0 fully saturated rings. The molecule has 1 N–H and O–H groups in total. The maximum absolute atomic E-state index is 13.4. The van der Waals surface area contributed by atoms with E-state index in [1.165, 1.54) is 31.7 Å². The van der Waals surface area contributed by atoms with Crippen molar-refractivity contribution in [1.82, 2.24) is 0 Å². The van der Waals surface area contributed by atoms with Gasteiger partial charge in [0.15, 0.2) is 0 Å². The Morgan fingerprint density at radius 1 is 1.22 bits per heavy atom. The monoisotopic (exact) mass is 556 g/mol. The van der Waals surface area contributed by atoms with Crippen LogP contribution in [0.15, 0.2) is 57.8 Å². The smallest absolute Gasteiger partial charge is 0.334 e. The van der Waals surface area contributed by atoms with Gasteiger partial charge in [-0.2, -0.15) is 0 Å². The summed E-state index contributed by atoms with van der Waals surface area (Å²) in [7, 11) is 0. The molecule has 0 saturated carbocycles. The number of Topliss-reactive ketones (excluding diaryl/α,β-unsaturated/α-hetero) is 2. The number of hydrogen-bond donors (Lipinski definition) is 1. The van der Waals surface area contributed by atoms with E-state index in [0.717, 1.165) is 31.2 Å². The minimum absolute atomic E-state index is 0.0175. The number of carbonyl (C=O) groups is 3. The Kier molecular flexibility index (Phi) is 8.77. The lowest BCUT2D eigenvalue weighted by Gasteiger charge is -2.33. The molecule has 36 heavy (non-hydrogen) atoms. The predicted molar refractivity (Wildman–Crippen MR) is 142 cm³/mol. The zero-order valence-electron chi connectivity index (χ0n) is 21.4. The first-order valence-corrected chi connectivity index (χ1v) is 13.1. The number of benzene rings is 1. The molecule has 0 radical (unpaired) electrons. The van der Waals surface area contributed by atoms with Crippen LogP contribution in [0.2, 0.25) is 0 Å². The molecule has 0 aromatic heterocycles. The molecular formula is C29H33BrO6. The van der Waals surface area contributed by atoms with E-state index in [4.69, 9.17) is 9.47 Å². The van der Waals surface area contributed by atoms with E-state index >= 15 is 0 Å². The van der Waals surface area contributed by atoms with E-state index in [-0.39, 0.29) is 21.7 Å². The molecule has 1 aromatic rings. The number of carbonyl (C=O) groups excluding carboxylic acids is 3. The van der Waals surface area contributed by atoms with Crippen LogP contribution in [0.25, 0.3) is 5.76 Å². The number of fused-ring (bicyclic) bond motifs is 1. The van der Waals surface area contributed by atoms with Crippen LogP contribution in [0.1, 0.15) is 70.9 Å². The molecule has 2 aliphatic rings. The fraction of sp³-hybridized carbons (Fsp3) is 0.414. The number of ether oxygens (including phenoxy) is 2. The van der Waals surface area contributed by atoms with Gasteiger partial charge in [0.2, 0.25) is 17.2 Å². The van der Waals surface area contributed by atoms with Crippen molar-refractivity contribution in [3.63, 3.8) is 0 Å². The summed E-state index contributed by atoms with van der Waals surface area (Å²) in [5.74, 6) is -1.53. The Bertz CT molecular complexity index is 1180. The van der Waals surface area contributed by atoms with E-state index in [9.17, 15) is 19.5 Å². The van der Waals surface area contributed by atoms with Gasteiger partial charge in [-0.1, -0.05) is 57.7 Å². The molecule has 0 saturated heterocycles. The molecule has 0 amide bonds. The third kappa shape index (κ3) is 5.56. The summed E-state index contributed by atoms with van der Waals surface area (Å²) in [6.07, 6.45) is 10.1. The van der Waals surface area contributed by atoms with Crippen molar-refractivity contribution in [2.24, 2.45) is 5.92 Å². The zero-order valence-corrected chi connectivity index (χ0v) is 23.0. The fourth-order valence-corrected chi connectivity index (χ4v) is 5.12. The summed E-state index contributed by atoms with van der Waals surface area (Å²) in [4.78, 5) is 39.6. The third-order valence-corrected chi connectivity index (χ3v) is 7.37. The van der Waals surface area contributed by atoms with E-state index in [2.05, 4.69) is 22.9 Å². The van der Waals surface area contributed by atoms with Gasteiger partial charge >= 0.3 is 5.97 Å². The molecule has 1 heterocycles. The van der Waals surface area contributed by atoms with Gasteiger partial charge in [-0.05, 0) is 66.7 Å². The molecule has 6 nitrogen and oxygen atoms in total. The summed E-state index contributed by atoms with van der Waals surface area (Å²) in [6, 6.07) is 5.06. The number of unbranched alkanes of at least 4 members (excludes halogenated alkanes) is 3. The maximum Gasteiger partial charge on any atom is 0.334 e. The number of halogens is 1. The molecular weight excluding hydrogens is 524 g/mol. The number of allylic oxidation sites excluding steroid dienone is 3. The van der Waals surface area contributed by atoms with Crippen LogP contribution in [0.3, 0.4) is 0 Å². The molecule has 7 heteroatoms. The number of rotatable bonds is 9. The van der Waals surface area contributed by atoms with Crippen LogP contribution in [-0.4, -0.2) is 28.2 Å². The topological polar surface area (TPSA) is 89.9 Å². The van der Waals surface area contributed by atoms with Crippen molar-refractivity contribution in [2.45, 2.75) is 72.3 Å². The van der Waals surface area contributed by atoms with Crippen LogP contribution >= 0.6 is 15.9 Å². The highest BCUT2D eigenvalue weighted by molar-refractivity contribution is 9.12. The minimum atomic E-state index is -2.02. The number of aryl methyl sites for hydroxylation is 1. The maximum atomic E-state index is 13.4. The average molecular weight is 557 g/mol. The standard InChI is InChI=1S/C29H33BrO6/c1-6-7-8-9-11-17(2)14-19(4)28(34)36-29(5)26(32)21-16-35-23(15-20(21)25(30)27(29)33)24-18(3)12-10-13-22(24)31/h10,12-17,31H,6-9,11H2,1-5H3/b19-14+/t17-,29+/m0/s1. The van der Waals surface area contributed by atoms with Crippen LogP contribution in [0.4, 0.5) is 0 Å². The molecule has 2 atom stereocenters. The molecule has 1 aromatic carbocycles. The van der Waals surface area contributed by atoms with E-state index in [1.807, 2.05) is 26.0 Å². The molecule has 1 aliphatic heterocycles. The number of ketones is 2. The molecule has 0 unspecified atom stereocenters. The van der Waals surface area contributed by atoms with Crippen LogP contribution in [0.5, 0.6) is 5.75 Å². The second-order valence-electron chi connectivity index (χ2n) is 9.61. The number of phenols is 1. The normalized spacial score (nSPS) is 20.9. The Morgan fingerprint density at radius 3 is 2.61 bits per heavy atom. The van der Waals surface area contributed by atoms with E-state index in [0.29, 0.717) is 22.5 Å². The van der Waals surface area contributed by atoms with Crippen molar-refractivity contribution in [3.05, 3.63) is 68.9 Å². The van der Waals surface area contributed by atoms with E-state index in [1.54, 1.807) is 13.0 Å². The molecule has 3 rings (SSSR count). The van der Waals surface area contributed by atoms with Crippen molar-refractivity contribution >= 4 is 39.2 Å². The van der Waals surface area contributed by atoms with Crippen molar-refractivity contribution in [2.75, 3.05) is 0 Å². The highest BCUT2D eigenvalue weighted by Crippen LogP contribution is 2.42. The van der Waals surface area contributed by atoms with Crippen LogP contribution < -0.4 is 0 Å². The Balaban J connectivity index is 1.84. The quantitative estimate of drug-likeness (QED) is 0.159. The summed E-state index contributed by atoms with van der Waals surface area (Å²) in [5.41, 5.74) is -0.00928. The molecule has 1 aliphatic carbocycles. The lowest BCUT2D eigenvalue weighted by Crippen LogP contribution is -2.51. The van der Waals surface area contributed by atoms with Gasteiger partial charge in [0.25, 0.3) is 0 Å². The van der Waals surface area contributed by atoms with Crippen LogP contribution in [-0.2, 0) is 23.9 Å². The van der Waals surface area contributed by atoms with E-state index < -0.39 is 23.1 Å². The summed E-state index contributed by atoms with van der Waals surface area (Å²) >= 11 is 3.31. The zero-order chi connectivity index (χ0) is 26.6. The first-order valence-electron chi connectivity index (χ1n) is 12.3. The van der Waals surface area contributed by atoms with Gasteiger partial charge in [0.05, 0.1) is 15.6 Å². The van der Waals surface area contributed by atoms with Crippen molar-refractivity contribution in [1.29, 1.82) is 0 Å². The second kappa shape index (κ2) is 11.4. The Morgan fingerprint density at radius 2 is 1.94 bits per heavy atom. The molecule has 0 bridgehead atoms. The summed E-state index contributed by atoms with van der Waals surface area (Å²) in [5, 5.41) is 10.3. The Hall–Kier alpha value is -2.93. The third-order valence-electron chi connectivity index (χ3n) is 6.58. The molecule has 192 valence electrons. The van der Waals surface area contributed by atoms with Gasteiger partial charge < -0.3 is 14.6 Å². The lowest BCUT2D eigenvalue weighted by atomic mass is 9.80. The first-order chi connectivity index (χ1) is 17.0. The number of hydrogen-bond acceptors (Lipinski definition) is 6. The van der Waals surface area contributed by atoms with Crippen molar-refractivity contribution in [3.8, 4) is 5.75 Å². The Labute approximate surface area is 220 Å². The number of esters is 1. The van der Waals surface area contributed by atoms with Gasteiger partial charge in [-0.3, -0.25) is 9.59 Å². The minimum Gasteiger partial charge on any atom is -0.507 e. The first kappa shape index (κ1) is 27.7.